The first kappa shape index (κ1) is 13.0. The zero-order valence-electron chi connectivity index (χ0n) is 11.3. The van der Waals surface area contributed by atoms with Gasteiger partial charge in [0.15, 0.2) is 11.6 Å². The zero-order valence-corrected chi connectivity index (χ0v) is 11.3. The summed E-state index contributed by atoms with van der Waals surface area (Å²) in [4.78, 5) is 12.6. The minimum absolute atomic E-state index is 0.474. The maximum atomic E-state index is 6.09. The topological polar surface area (TPSA) is 94.5 Å². The summed E-state index contributed by atoms with van der Waals surface area (Å²) in [5.74, 6) is 1.17. The second kappa shape index (κ2) is 6.00. The minimum Gasteiger partial charge on any atom is -0.393 e. The van der Waals surface area contributed by atoms with E-state index in [4.69, 9.17) is 5.73 Å². The largest absolute Gasteiger partial charge is 0.393 e. The van der Waals surface area contributed by atoms with Crippen LogP contribution < -0.4 is 11.1 Å². The standard InChI is InChI=1S/C14H15N7/c15-12-13(17-8-5-11-4-1-2-6-16-11)18-10-19-14(12)21-9-3-7-20-21/h1-4,6-7,9-10H,5,8,15H2,(H,17,18,19). The summed E-state index contributed by atoms with van der Waals surface area (Å²) in [7, 11) is 0. The summed E-state index contributed by atoms with van der Waals surface area (Å²) >= 11 is 0. The molecule has 7 nitrogen and oxygen atoms in total. The number of nitrogens with zero attached hydrogens (tertiary/aromatic N) is 5. The molecule has 3 rings (SSSR count). The van der Waals surface area contributed by atoms with Gasteiger partial charge in [-0.2, -0.15) is 5.10 Å². The van der Waals surface area contributed by atoms with E-state index in [0.717, 1.165) is 12.1 Å². The first-order valence-corrected chi connectivity index (χ1v) is 6.59. The van der Waals surface area contributed by atoms with Crippen LogP contribution in [0.25, 0.3) is 5.82 Å². The molecule has 0 spiro atoms. The number of rotatable bonds is 5. The Labute approximate surface area is 121 Å². The number of hydrogen-bond donors (Lipinski definition) is 2. The highest BCUT2D eigenvalue weighted by molar-refractivity contribution is 5.68. The lowest BCUT2D eigenvalue weighted by Crippen LogP contribution is -2.12. The molecule has 0 bridgehead atoms. The SMILES string of the molecule is Nc1c(NCCc2ccccn2)ncnc1-n1cccn1. The minimum atomic E-state index is 0.474. The number of nitrogens with one attached hydrogen (secondary N) is 1. The summed E-state index contributed by atoms with van der Waals surface area (Å²) in [6.07, 6.45) is 7.51. The summed E-state index contributed by atoms with van der Waals surface area (Å²) in [5, 5.41) is 7.33. The van der Waals surface area contributed by atoms with Crippen LogP contribution in [0.3, 0.4) is 0 Å². The number of aromatic nitrogens is 5. The molecule has 106 valence electrons. The lowest BCUT2D eigenvalue weighted by molar-refractivity contribution is 0.841. The summed E-state index contributed by atoms with van der Waals surface area (Å²) in [6.45, 7) is 0.691. The van der Waals surface area contributed by atoms with Gasteiger partial charge in [-0.05, 0) is 18.2 Å². The van der Waals surface area contributed by atoms with E-state index in [9.17, 15) is 0 Å². The van der Waals surface area contributed by atoms with Crippen LogP contribution in [-0.4, -0.2) is 31.3 Å². The Bertz CT molecular complexity index is 695. The van der Waals surface area contributed by atoms with Crippen molar-refractivity contribution in [1.82, 2.24) is 24.7 Å². The summed E-state index contributed by atoms with van der Waals surface area (Å²) in [5.41, 5.74) is 7.58. The molecule has 0 aliphatic carbocycles. The van der Waals surface area contributed by atoms with Crippen LogP contribution in [0, 0.1) is 0 Å². The molecule has 3 heterocycles. The quantitative estimate of drug-likeness (QED) is 0.732. The van der Waals surface area contributed by atoms with Gasteiger partial charge in [-0.25, -0.2) is 14.6 Å². The Hall–Kier alpha value is -2.96. The van der Waals surface area contributed by atoms with Gasteiger partial charge in [-0.1, -0.05) is 6.07 Å². The first-order valence-electron chi connectivity index (χ1n) is 6.59. The van der Waals surface area contributed by atoms with Crippen molar-refractivity contribution in [2.75, 3.05) is 17.6 Å². The molecule has 3 N–H and O–H groups in total. The van der Waals surface area contributed by atoms with Crippen LogP contribution in [0.4, 0.5) is 11.5 Å². The van der Waals surface area contributed by atoms with Crippen molar-refractivity contribution in [3.63, 3.8) is 0 Å². The molecule has 0 amide bonds. The lowest BCUT2D eigenvalue weighted by atomic mass is 10.3. The molecule has 0 aromatic carbocycles. The zero-order chi connectivity index (χ0) is 14.5. The highest BCUT2D eigenvalue weighted by Crippen LogP contribution is 2.20. The Morgan fingerprint density at radius 3 is 2.81 bits per heavy atom. The van der Waals surface area contributed by atoms with Crippen LogP contribution in [0.1, 0.15) is 5.69 Å². The van der Waals surface area contributed by atoms with E-state index in [1.807, 2.05) is 24.3 Å². The van der Waals surface area contributed by atoms with E-state index >= 15 is 0 Å². The van der Waals surface area contributed by atoms with Gasteiger partial charge in [0.2, 0.25) is 0 Å². The molecular formula is C14H15N7. The van der Waals surface area contributed by atoms with Gasteiger partial charge in [0, 0.05) is 37.3 Å². The monoisotopic (exact) mass is 281 g/mol. The van der Waals surface area contributed by atoms with Crippen LogP contribution in [-0.2, 0) is 6.42 Å². The predicted octanol–water partition coefficient (Wildman–Crippen LogP) is 1.29. The molecule has 0 fully saturated rings. The van der Waals surface area contributed by atoms with Crippen molar-refractivity contribution in [2.45, 2.75) is 6.42 Å². The van der Waals surface area contributed by atoms with Crippen molar-refractivity contribution in [3.05, 3.63) is 54.9 Å². The molecule has 0 atom stereocenters. The second-order valence-corrected chi connectivity index (χ2v) is 4.41. The fourth-order valence-electron chi connectivity index (χ4n) is 1.96. The van der Waals surface area contributed by atoms with Crippen LogP contribution in [0.2, 0.25) is 0 Å². The summed E-state index contributed by atoms with van der Waals surface area (Å²) in [6, 6.07) is 7.67. The van der Waals surface area contributed by atoms with Crippen LogP contribution in [0.15, 0.2) is 49.2 Å². The van der Waals surface area contributed by atoms with Gasteiger partial charge in [-0.3, -0.25) is 4.98 Å². The van der Waals surface area contributed by atoms with Crippen LogP contribution >= 0.6 is 0 Å². The predicted molar refractivity (Wildman–Crippen MR) is 80.0 cm³/mol. The van der Waals surface area contributed by atoms with E-state index in [1.165, 1.54) is 6.33 Å². The molecular weight excluding hydrogens is 266 g/mol. The van der Waals surface area contributed by atoms with Crippen molar-refractivity contribution in [3.8, 4) is 5.82 Å². The van der Waals surface area contributed by atoms with E-state index < -0.39 is 0 Å². The highest BCUT2D eigenvalue weighted by Gasteiger charge is 2.09. The number of nitrogen functional groups attached to an aromatic ring is 1. The van der Waals surface area contributed by atoms with Gasteiger partial charge in [-0.15, -0.1) is 0 Å². The number of nitrogens with two attached hydrogens (primary N) is 1. The Morgan fingerprint density at radius 1 is 1.10 bits per heavy atom. The van der Waals surface area contributed by atoms with Crippen LogP contribution in [0.5, 0.6) is 0 Å². The number of pyridine rings is 1. The Kier molecular flexibility index (Phi) is 3.72. The average molecular weight is 281 g/mol. The normalized spacial score (nSPS) is 10.5. The van der Waals surface area contributed by atoms with Crippen molar-refractivity contribution < 1.29 is 0 Å². The molecule has 0 aliphatic heterocycles. The maximum absolute atomic E-state index is 6.09. The third-order valence-electron chi connectivity index (χ3n) is 2.98. The molecule has 3 aromatic rings. The van der Waals surface area contributed by atoms with Gasteiger partial charge >= 0.3 is 0 Å². The van der Waals surface area contributed by atoms with Gasteiger partial charge in [0.1, 0.15) is 12.0 Å². The van der Waals surface area contributed by atoms with E-state index in [0.29, 0.717) is 23.9 Å². The average Bonchev–Trinajstić information content (AvgIpc) is 3.04. The first-order chi connectivity index (χ1) is 10.3. The Balaban J connectivity index is 1.70. The molecule has 0 saturated carbocycles. The van der Waals surface area contributed by atoms with Crippen molar-refractivity contribution in [1.29, 1.82) is 0 Å². The van der Waals surface area contributed by atoms with Crippen molar-refractivity contribution in [2.24, 2.45) is 0 Å². The van der Waals surface area contributed by atoms with Gasteiger partial charge in [0.05, 0.1) is 0 Å². The van der Waals surface area contributed by atoms with Gasteiger partial charge < -0.3 is 11.1 Å². The fraction of sp³-hybridized carbons (Fsp3) is 0.143. The molecule has 7 heteroatoms. The Morgan fingerprint density at radius 2 is 2.05 bits per heavy atom. The molecule has 0 unspecified atom stereocenters. The maximum Gasteiger partial charge on any atom is 0.181 e. The van der Waals surface area contributed by atoms with E-state index in [2.05, 4.69) is 25.4 Å². The molecule has 21 heavy (non-hydrogen) atoms. The fourth-order valence-corrected chi connectivity index (χ4v) is 1.96. The highest BCUT2D eigenvalue weighted by atomic mass is 15.3. The molecule has 3 aromatic heterocycles. The third kappa shape index (κ3) is 2.97. The van der Waals surface area contributed by atoms with Crippen molar-refractivity contribution >= 4 is 11.5 Å². The number of hydrogen-bond acceptors (Lipinski definition) is 6. The smallest absolute Gasteiger partial charge is 0.181 e. The lowest BCUT2D eigenvalue weighted by Gasteiger charge is -2.10. The molecule has 0 aliphatic rings. The summed E-state index contributed by atoms with van der Waals surface area (Å²) < 4.78 is 1.61. The second-order valence-electron chi connectivity index (χ2n) is 4.41. The van der Waals surface area contributed by atoms with E-state index in [1.54, 1.807) is 23.3 Å². The number of anilines is 2. The molecule has 0 radical (unpaired) electrons. The van der Waals surface area contributed by atoms with E-state index in [-0.39, 0.29) is 0 Å². The molecule has 0 saturated heterocycles. The third-order valence-corrected chi connectivity index (χ3v) is 2.98. The van der Waals surface area contributed by atoms with Gasteiger partial charge in [0.25, 0.3) is 0 Å².